The van der Waals surface area contributed by atoms with E-state index in [1.165, 1.54) is 12.1 Å². The largest absolute Gasteiger partial charge is 0.454 e. The molecule has 1 aliphatic rings. The molecule has 0 aromatic heterocycles. The lowest BCUT2D eigenvalue weighted by Crippen LogP contribution is -2.23. The second-order valence-corrected chi connectivity index (χ2v) is 9.59. The zero-order valence-corrected chi connectivity index (χ0v) is 16.9. The molecule has 2 aromatic carbocycles. The van der Waals surface area contributed by atoms with Crippen molar-refractivity contribution in [3.8, 4) is 11.5 Å². The second-order valence-electron chi connectivity index (χ2n) is 7.82. The minimum Gasteiger partial charge on any atom is -0.454 e. The molecule has 2 aromatic rings. The van der Waals surface area contributed by atoms with Crippen LogP contribution in [0.4, 0.5) is 5.69 Å². The van der Waals surface area contributed by atoms with Gasteiger partial charge in [-0.1, -0.05) is 26.8 Å². The van der Waals surface area contributed by atoms with Crippen LogP contribution in [0.3, 0.4) is 0 Å². The van der Waals surface area contributed by atoms with Crippen molar-refractivity contribution in [2.24, 2.45) is 5.41 Å². The Hall–Kier alpha value is -2.58. The minimum atomic E-state index is -3.68. The van der Waals surface area contributed by atoms with E-state index in [0.29, 0.717) is 23.6 Å². The predicted octanol–water partition coefficient (Wildman–Crippen LogP) is 3.27. The molecule has 0 unspecified atom stereocenters. The molecule has 3 rings (SSSR count). The predicted molar refractivity (Wildman–Crippen MR) is 106 cm³/mol. The van der Waals surface area contributed by atoms with Gasteiger partial charge in [-0.15, -0.1) is 0 Å². The fourth-order valence-corrected chi connectivity index (χ4v) is 3.73. The van der Waals surface area contributed by atoms with Crippen molar-refractivity contribution in [2.45, 2.75) is 38.6 Å². The van der Waals surface area contributed by atoms with Gasteiger partial charge >= 0.3 is 0 Å². The number of carbonyl (C=O) groups is 1. The molecule has 0 saturated heterocycles. The highest BCUT2D eigenvalue weighted by Gasteiger charge is 2.18. The Morgan fingerprint density at radius 1 is 1.04 bits per heavy atom. The molecule has 1 amide bonds. The van der Waals surface area contributed by atoms with Crippen molar-refractivity contribution >= 4 is 21.6 Å². The molecule has 0 fully saturated rings. The molecule has 8 heteroatoms. The van der Waals surface area contributed by atoms with Crippen LogP contribution in [0.1, 0.15) is 32.8 Å². The summed E-state index contributed by atoms with van der Waals surface area (Å²) in [5.74, 6) is 1.15. The zero-order valence-electron chi connectivity index (χ0n) is 16.1. The van der Waals surface area contributed by atoms with E-state index in [2.05, 4.69) is 10.0 Å². The molecule has 1 aliphatic heterocycles. The van der Waals surface area contributed by atoms with Crippen LogP contribution in [-0.2, 0) is 21.4 Å². The number of hydrogen-bond acceptors (Lipinski definition) is 5. The van der Waals surface area contributed by atoms with Gasteiger partial charge < -0.3 is 14.8 Å². The SMILES string of the molecule is CC(C)(C)CC(=O)Nc1ccc(S(=O)(=O)NCc2ccc3c(c2)OCO3)cc1. The van der Waals surface area contributed by atoms with Gasteiger partial charge in [0.1, 0.15) is 0 Å². The van der Waals surface area contributed by atoms with E-state index in [-0.39, 0.29) is 29.6 Å². The van der Waals surface area contributed by atoms with Gasteiger partial charge in [0.2, 0.25) is 22.7 Å². The lowest BCUT2D eigenvalue weighted by Gasteiger charge is -2.17. The first-order valence-electron chi connectivity index (χ1n) is 8.90. The Morgan fingerprint density at radius 3 is 2.39 bits per heavy atom. The van der Waals surface area contributed by atoms with E-state index in [9.17, 15) is 13.2 Å². The van der Waals surface area contributed by atoms with Gasteiger partial charge in [0.05, 0.1) is 4.90 Å². The third-order valence-electron chi connectivity index (χ3n) is 4.04. The highest BCUT2D eigenvalue weighted by Crippen LogP contribution is 2.32. The molecule has 28 heavy (non-hydrogen) atoms. The lowest BCUT2D eigenvalue weighted by atomic mass is 9.92. The summed E-state index contributed by atoms with van der Waals surface area (Å²) >= 11 is 0. The Bertz CT molecular complexity index is 963. The van der Waals surface area contributed by atoms with E-state index in [0.717, 1.165) is 5.56 Å². The summed E-state index contributed by atoms with van der Waals surface area (Å²) in [7, 11) is -3.68. The van der Waals surface area contributed by atoms with Crippen LogP contribution >= 0.6 is 0 Å². The van der Waals surface area contributed by atoms with Crippen molar-refractivity contribution in [2.75, 3.05) is 12.1 Å². The van der Waals surface area contributed by atoms with E-state index in [1.807, 2.05) is 20.8 Å². The van der Waals surface area contributed by atoms with Crippen LogP contribution in [0, 0.1) is 5.41 Å². The standard InChI is InChI=1S/C20H24N2O5S/c1-20(2,3)11-19(23)22-15-5-7-16(8-6-15)28(24,25)21-12-14-4-9-17-18(10-14)27-13-26-17/h4-10,21H,11-13H2,1-3H3,(H,22,23). The van der Waals surface area contributed by atoms with Crippen molar-refractivity contribution in [3.63, 3.8) is 0 Å². The number of amides is 1. The summed E-state index contributed by atoms with van der Waals surface area (Å²) in [6.07, 6.45) is 0.379. The number of nitrogens with one attached hydrogen (secondary N) is 2. The minimum absolute atomic E-state index is 0.107. The number of hydrogen-bond donors (Lipinski definition) is 2. The van der Waals surface area contributed by atoms with Gasteiger partial charge in [-0.3, -0.25) is 4.79 Å². The monoisotopic (exact) mass is 404 g/mol. The highest BCUT2D eigenvalue weighted by molar-refractivity contribution is 7.89. The van der Waals surface area contributed by atoms with E-state index >= 15 is 0 Å². The fraction of sp³-hybridized carbons (Fsp3) is 0.350. The summed E-state index contributed by atoms with van der Waals surface area (Å²) in [5.41, 5.74) is 1.20. The lowest BCUT2D eigenvalue weighted by molar-refractivity contribution is -0.117. The van der Waals surface area contributed by atoms with Crippen LogP contribution in [0.5, 0.6) is 11.5 Å². The number of anilines is 1. The summed E-state index contributed by atoms with van der Waals surface area (Å²) in [6.45, 7) is 6.24. The molecule has 2 N–H and O–H groups in total. The number of rotatable bonds is 6. The summed E-state index contributed by atoms with van der Waals surface area (Å²) in [6, 6.07) is 11.4. The molecule has 0 saturated carbocycles. The van der Waals surface area contributed by atoms with Gasteiger partial charge in [0.15, 0.2) is 11.5 Å². The van der Waals surface area contributed by atoms with Gasteiger partial charge in [-0.2, -0.15) is 0 Å². The Morgan fingerprint density at radius 2 is 1.71 bits per heavy atom. The number of sulfonamides is 1. The van der Waals surface area contributed by atoms with Crippen molar-refractivity contribution in [3.05, 3.63) is 48.0 Å². The van der Waals surface area contributed by atoms with Crippen molar-refractivity contribution in [1.29, 1.82) is 0 Å². The molecule has 0 spiro atoms. The van der Waals surface area contributed by atoms with Gasteiger partial charge in [-0.25, -0.2) is 13.1 Å². The quantitative estimate of drug-likeness (QED) is 0.771. The molecular formula is C20H24N2O5S. The molecule has 0 radical (unpaired) electrons. The topological polar surface area (TPSA) is 93.7 Å². The molecule has 0 bridgehead atoms. The average molecular weight is 404 g/mol. The smallest absolute Gasteiger partial charge is 0.240 e. The number of carbonyl (C=O) groups excluding carboxylic acids is 1. The third kappa shape index (κ3) is 5.24. The Kier molecular flexibility index (Phi) is 5.62. The summed E-state index contributed by atoms with van der Waals surface area (Å²) in [5, 5.41) is 2.78. The maximum absolute atomic E-state index is 12.5. The molecule has 0 aliphatic carbocycles. The Balaban J connectivity index is 1.61. The first-order chi connectivity index (χ1) is 13.1. The molecule has 7 nitrogen and oxygen atoms in total. The maximum Gasteiger partial charge on any atom is 0.240 e. The van der Waals surface area contributed by atoms with Crippen LogP contribution in [-0.4, -0.2) is 21.1 Å². The molecule has 150 valence electrons. The van der Waals surface area contributed by atoms with Crippen LogP contribution in [0.25, 0.3) is 0 Å². The van der Waals surface area contributed by atoms with E-state index < -0.39 is 10.0 Å². The van der Waals surface area contributed by atoms with E-state index in [4.69, 9.17) is 9.47 Å². The second kappa shape index (κ2) is 7.81. The van der Waals surface area contributed by atoms with Gasteiger partial charge in [0.25, 0.3) is 0 Å². The first kappa shape index (κ1) is 20.2. The number of ether oxygens (including phenoxy) is 2. The number of fused-ring (bicyclic) bond motifs is 1. The van der Waals surface area contributed by atoms with Crippen LogP contribution in [0.15, 0.2) is 47.4 Å². The average Bonchev–Trinajstić information content (AvgIpc) is 3.06. The highest BCUT2D eigenvalue weighted by atomic mass is 32.2. The molecule has 1 heterocycles. The molecule has 0 atom stereocenters. The van der Waals surface area contributed by atoms with Crippen LogP contribution < -0.4 is 19.5 Å². The number of benzene rings is 2. The van der Waals surface area contributed by atoms with Gasteiger partial charge in [-0.05, 0) is 47.4 Å². The van der Waals surface area contributed by atoms with Crippen molar-refractivity contribution < 1.29 is 22.7 Å². The van der Waals surface area contributed by atoms with Crippen LogP contribution in [0.2, 0.25) is 0 Å². The summed E-state index contributed by atoms with van der Waals surface area (Å²) < 4.78 is 38.1. The van der Waals surface area contributed by atoms with Gasteiger partial charge in [0, 0.05) is 18.7 Å². The maximum atomic E-state index is 12.5. The first-order valence-corrected chi connectivity index (χ1v) is 10.4. The normalized spacial score (nSPS) is 13.4. The Labute approximate surface area is 165 Å². The third-order valence-corrected chi connectivity index (χ3v) is 5.46. The van der Waals surface area contributed by atoms with E-state index in [1.54, 1.807) is 30.3 Å². The van der Waals surface area contributed by atoms with Crippen molar-refractivity contribution in [1.82, 2.24) is 4.72 Å². The summed E-state index contributed by atoms with van der Waals surface area (Å²) in [4.78, 5) is 12.1. The zero-order chi connectivity index (χ0) is 20.4. The fourth-order valence-electron chi connectivity index (χ4n) is 2.72. The molecular weight excluding hydrogens is 380 g/mol.